The molecule has 2 aliphatic rings. The predicted molar refractivity (Wildman–Crippen MR) is 51.3 cm³/mol. The van der Waals surface area contributed by atoms with Crippen molar-refractivity contribution < 1.29 is 10.5 Å². The van der Waals surface area contributed by atoms with Gasteiger partial charge < -0.3 is 10.5 Å². The molecule has 13 heavy (non-hydrogen) atoms. The quantitative estimate of drug-likeness (QED) is 0.643. The standard InChI is InChI=1S/C10H20N2O/c11-7-9-1-4-12(8-9)10-2-5-13-6-3-10/h9-10H,1-8,11H2/p+1. The highest BCUT2D eigenvalue weighted by Gasteiger charge is 2.29. The molecule has 2 rings (SSSR count). The fraction of sp³-hybridized carbons (Fsp3) is 1.00. The average Bonchev–Trinajstić information content (AvgIpc) is 2.67. The van der Waals surface area contributed by atoms with Crippen LogP contribution in [0, 0.1) is 5.92 Å². The van der Waals surface area contributed by atoms with Gasteiger partial charge in [-0.2, -0.15) is 0 Å². The summed E-state index contributed by atoms with van der Waals surface area (Å²) in [7, 11) is 0. The first-order chi connectivity index (χ1) is 6.40. The molecule has 1 unspecified atom stereocenters. The first-order valence-electron chi connectivity index (χ1n) is 5.51. The summed E-state index contributed by atoms with van der Waals surface area (Å²) < 4.78 is 5.37. The van der Waals surface area contributed by atoms with Crippen LogP contribution in [-0.2, 0) is 4.74 Å². The zero-order valence-electron chi connectivity index (χ0n) is 8.37. The van der Waals surface area contributed by atoms with E-state index in [1.807, 2.05) is 0 Å². The van der Waals surface area contributed by atoms with Crippen molar-refractivity contribution in [3.05, 3.63) is 0 Å². The number of hydrogen-bond donors (Lipinski definition) is 1. The van der Waals surface area contributed by atoms with Gasteiger partial charge in [-0.15, -0.1) is 0 Å². The summed E-state index contributed by atoms with van der Waals surface area (Å²) in [4.78, 5) is 2.65. The van der Waals surface area contributed by atoms with E-state index in [4.69, 9.17) is 4.74 Å². The monoisotopic (exact) mass is 185 g/mol. The molecule has 0 aromatic carbocycles. The Balaban J connectivity index is 1.80. The SMILES string of the molecule is [NH3+]CC1CCN(C2CCOCC2)C1. The Morgan fingerprint density at radius 1 is 1.23 bits per heavy atom. The maximum absolute atomic E-state index is 5.37. The normalized spacial score (nSPS) is 32.5. The smallest absolute Gasteiger partial charge is 0.0781 e. The van der Waals surface area contributed by atoms with E-state index in [0.717, 1.165) is 31.7 Å². The van der Waals surface area contributed by atoms with Gasteiger partial charge in [-0.1, -0.05) is 0 Å². The second-order valence-corrected chi connectivity index (χ2v) is 4.28. The van der Waals surface area contributed by atoms with Crippen molar-refractivity contribution in [2.75, 3.05) is 32.8 Å². The van der Waals surface area contributed by atoms with Crippen LogP contribution in [0.5, 0.6) is 0 Å². The highest BCUT2D eigenvalue weighted by Crippen LogP contribution is 2.22. The minimum absolute atomic E-state index is 0.810. The molecule has 3 nitrogen and oxygen atoms in total. The van der Waals surface area contributed by atoms with E-state index in [1.165, 1.54) is 32.4 Å². The van der Waals surface area contributed by atoms with Crippen molar-refractivity contribution >= 4 is 0 Å². The molecule has 0 bridgehead atoms. The molecule has 0 spiro atoms. The number of nitrogens with zero attached hydrogens (tertiary/aromatic N) is 1. The van der Waals surface area contributed by atoms with E-state index in [0.29, 0.717) is 0 Å². The minimum atomic E-state index is 0.810. The Morgan fingerprint density at radius 3 is 2.62 bits per heavy atom. The lowest BCUT2D eigenvalue weighted by Gasteiger charge is -2.30. The van der Waals surface area contributed by atoms with E-state index < -0.39 is 0 Å². The van der Waals surface area contributed by atoms with Crippen molar-refractivity contribution in [3.8, 4) is 0 Å². The maximum atomic E-state index is 5.37. The van der Waals surface area contributed by atoms with Crippen molar-refractivity contribution in [2.45, 2.75) is 25.3 Å². The first-order valence-corrected chi connectivity index (χ1v) is 5.51. The lowest BCUT2D eigenvalue weighted by molar-refractivity contribution is -0.378. The van der Waals surface area contributed by atoms with Crippen LogP contribution >= 0.6 is 0 Å². The van der Waals surface area contributed by atoms with Gasteiger partial charge in [0.05, 0.1) is 6.54 Å². The van der Waals surface area contributed by atoms with Crippen molar-refractivity contribution in [1.82, 2.24) is 4.90 Å². The molecule has 0 amide bonds. The van der Waals surface area contributed by atoms with Gasteiger partial charge in [-0.3, -0.25) is 4.90 Å². The number of quaternary nitrogens is 1. The van der Waals surface area contributed by atoms with Crippen LogP contribution in [0.15, 0.2) is 0 Å². The summed E-state index contributed by atoms with van der Waals surface area (Å²) in [6.07, 6.45) is 3.84. The van der Waals surface area contributed by atoms with Crippen molar-refractivity contribution in [3.63, 3.8) is 0 Å². The number of ether oxygens (including phenoxy) is 1. The van der Waals surface area contributed by atoms with Crippen LogP contribution in [0.3, 0.4) is 0 Å². The Morgan fingerprint density at radius 2 is 2.00 bits per heavy atom. The summed E-state index contributed by atoms with van der Waals surface area (Å²) in [5.41, 5.74) is 4.00. The number of likely N-dealkylation sites (tertiary alicyclic amines) is 1. The molecule has 1 atom stereocenters. The third kappa shape index (κ3) is 2.22. The van der Waals surface area contributed by atoms with Crippen molar-refractivity contribution in [1.29, 1.82) is 0 Å². The summed E-state index contributed by atoms with van der Waals surface area (Å²) in [5.74, 6) is 0.864. The van der Waals surface area contributed by atoms with Crippen LogP contribution in [0.25, 0.3) is 0 Å². The van der Waals surface area contributed by atoms with E-state index in [1.54, 1.807) is 0 Å². The second-order valence-electron chi connectivity index (χ2n) is 4.28. The third-order valence-electron chi connectivity index (χ3n) is 3.43. The molecule has 0 aliphatic carbocycles. The Labute approximate surface area is 80.2 Å². The van der Waals surface area contributed by atoms with Gasteiger partial charge in [0.15, 0.2) is 0 Å². The molecule has 2 aliphatic heterocycles. The van der Waals surface area contributed by atoms with Crippen LogP contribution < -0.4 is 5.73 Å². The second kappa shape index (κ2) is 4.40. The number of hydrogen-bond acceptors (Lipinski definition) is 2. The third-order valence-corrected chi connectivity index (χ3v) is 3.43. The van der Waals surface area contributed by atoms with Crippen LogP contribution in [-0.4, -0.2) is 43.8 Å². The van der Waals surface area contributed by atoms with E-state index >= 15 is 0 Å². The van der Waals surface area contributed by atoms with Gasteiger partial charge in [0.25, 0.3) is 0 Å². The predicted octanol–water partition coefficient (Wildman–Crippen LogP) is -0.271. The van der Waals surface area contributed by atoms with E-state index in [2.05, 4.69) is 10.6 Å². The van der Waals surface area contributed by atoms with Gasteiger partial charge in [0.2, 0.25) is 0 Å². The van der Waals surface area contributed by atoms with Gasteiger partial charge in [-0.05, 0) is 25.8 Å². The highest BCUT2D eigenvalue weighted by atomic mass is 16.5. The fourth-order valence-corrected chi connectivity index (χ4v) is 2.48. The summed E-state index contributed by atoms with van der Waals surface area (Å²) in [6.45, 7) is 5.63. The Hall–Kier alpha value is -0.120. The number of rotatable bonds is 2. The molecule has 76 valence electrons. The van der Waals surface area contributed by atoms with Crippen LogP contribution in [0.1, 0.15) is 19.3 Å². The van der Waals surface area contributed by atoms with Gasteiger partial charge in [-0.25, -0.2) is 0 Å². The molecular weight excluding hydrogens is 164 g/mol. The summed E-state index contributed by atoms with van der Waals surface area (Å²) in [5, 5.41) is 0. The van der Waals surface area contributed by atoms with E-state index in [-0.39, 0.29) is 0 Å². The lowest BCUT2D eigenvalue weighted by Crippen LogP contribution is -2.54. The molecule has 2 saturated heterocycles. The summed E-state index contributed by atoms with van der Waals surface area (Å²) in [6, 6.07) is 0.810. The lowest BCUT2D eigenvalue weighted by atomic mass is 10.1. The zero-order chi connectivity index (χ0) is 9.10. The van der Waals surface area contributed by atoms with Gasteiger partial charge in [0.1, 0.15) is 0 Å². The average molecular weight is 185 g/mol. The molecular formula is C10H21N2O+. The molecule has 0 aromatic rings. The molecule has 0 aromatic heterocycles. The minimum Gasteiger partial charge on any atom is -0.381 e. The van der Waals surface area contributed by atoms with Gasteiger partial charge in [0, 0.05) is 31.7 Å². The van der Waals surface area contributed by atoms with Crippen LogP contribution in [0.4, 0.5) is 0 Å². The molecule has 0 saturated carbocycles. The van der Waals surface area contributed by atoms with Crippen molar-refractivity contribution in [2.24, 2.45) is 5.92 Å². The summed E-state index contributed by atoms with van der Waals surface area (Å²) >= 11 is 0. The first kappa shape index (κ1) is 9.44. The molecule has 3 heteroatoms. The van der Waals surface area contributed by atoms with Gasteiger partial charge >= 0.3 is 0 Å². The highest BCUT2D eigenvalue weighted by molar-refractivity contribution is 4.82. The fourth-order valence-electron chi connectivity index (χ4n) is 2.48. The topological polar surface area (TPSA) is 40.1 Å². The van der Waals surface area contributed by atoms with Crippen LogP contribution in [0.2, 0.25) is 0 Å². The molecule has 3 N–H and O–H groups in total. The largest absolute Gasteiger partial charge is 0.381 e. The Kier molecular flexibility index (Phi) is 3.19. The molecule has 0 radical (unpaired) electrons. The molecule has 2 fully saturated rings. The van der Waals surface area contributed by atoms with E-state index in [9.17, 15) is 0 Å². The zero-order valence-corrected chi connectivity index (χ0v) is 8.37. The Bertz CT molecular complexity index is 157. The molecule has 2 heterocycles. The maximum Gasteiger partial charge on any atom is 0.0781 e.